The number of aromatic nitrogens is 2. The van der Waals surface area contributed by atoms with Crippen molar-refractivity contribution in [3.63, 3.8) is 0 Å². The summed E-state index contributed by atoms with van der Waals surface area (Å²) in [5, 5.41) is 11.7. The first-order chi connectivity index (χ1) is 17.4. The Labute approximate surface area is 208 Å². The smallest absolute Gasteiger partial charge is 0.333 e. The maximum atomic E-state index is 14.8. The van der Waals surface area contributed by atoms with Crippen LogP contribution in [0.25, 0.3) is 0 Å². The molecule has 0 saturated carbocycles. The summed E-state index contributed by atoms with van der Waals surface area (Å²) in [6, 6.07) is 2.23. The van der Waals surface area contributed by atoms with Crippen LogP contribution in [-0.2, 0) is 30.3 Å². The fourth-order valence-corrected chi connectivity index (χ4v) is 3.99. The van der Waals surface area contributed by atoms with Crippen LogP contribution in [0.5, 0.6) is 11.5 Å². The Bertz CT molecular complexity index is 1350. The largest absolute Gasteiger partial charge is 0.493 e. The number of methoxy groups -OCH3 is 2. The quantitative estimate of drug-likeness (QED) is 0.273. The third kappa shape index (κ3) is 5.45. The van der Waals surface area contributed by atoms with Crippen molar-refractivity contribution in [2.45, 2.75) is 51.9 Å². The highest BCUT2D eigenvalue weighted by Gasteiger charge is 2.48. The molecule has 2 heterocycles. The highest BCUT2D eigenvalue weighted by molar-refractivity contribution is 5.67. The molecule has 2 aromatic rings. The molecule has 0 bridgehead atoms. The van der Waals surface area contributed by atoms with Gasteiger partial charge in [-0.05, 0) is 13.0 Å². The Hall–Kier alpha value is -4.27. The molecule has 0 N–H and O–H groups in total. The summed E-state index contributed by atoms with van der Waals surface area (Å²) in [6.07, 6.45) is -4.32. The zero-order valence-corrected chi connectivity index (χ0v) is 20.5. The Morgan fingerprint density at radius 2 is 1.65 bits per heavy atom. The van der Waals surface area contributed by atoms with Gasteiger partial charge < -0.3 is 23.7 Å². The van der Waals surface area contributed by atoms with E-state index in [-0.39, 0.29) is 17.1 Å². The first-order valence-electron chi connectivity index (χ1n) is 10.8. The molecule has 200 valence electrons. The normalized spacial score (nSPS) is 20.8. The number of carbonyl (C=O) groups excluding carboxylic acids is 2. The molecule has 1 aliphatic rings. The van der Waals surface area contributed by atoms with Gasteiger partial charge in [0.15, 0.2) is 29.9 Å². The number of benzene rings is 1. The van der Waals surface area contributed by atoms with Crippen molar-refractivity contribution in [3.05, 3.63) is 60.7 Å². The number of carbonyl (C=O) groups is 2. The molecule has 1 fully saturated rings. The predicted molar refractivity (Wildman–Crippen MR) is 121 cm³/mol. The molecule has 1 aliphatic heterocycles. The number of halogens is 1. The first-order valence-corrected chi connectivity index (χ1v) is 10.8. The van der Waals surface area contributed by atoms with Gasteiger partial charge in [-0.1, -0.05) is 0 Å². The van der Waals surface area contributed by atoms with E-state index in [1.807, 2.05) is 0 Å². The fourth-order valence-electron chi connectivity index (χ4n) is 3.99. The van der Waals surface area contributed by atoms with Gasteiger partial charge in [-0.15, -0.1) is 0 Å². The second-order valence-corrected chi connectivity index (χ2v) is 8.03. The van der Waals surface area contributed by atoms with E-state index in [0.29, 0.717) is 15.3 Å². The molecule has 0 radical (unpaired) electrons. The van der Waals surface area contributed by atoms with Crippen molar-refractivity contribution in [1.29, 1.82) is 0 Å². The molecule has 4 atom stereocenters. The van der Waals surface area contributed by atoms with E-state index in [1.54, 1.807) is 0 Å². The van der Waals surface area contributed by atoms with Crippen molar-refractivity contribution in [2.75, 3.05) is 14.2 Å². The number of esters is 2. The molecule has 14 nitrogen and oxygen atoms in total. The standard InChI is InChI=1S/C22H24FN3O11/c1-10-18(36-11(2)27)19(37-12(3)28)21(35-10)25-9-14(23)20(29)24(22(25)30)8-13-6-16(33-4)17(34-5)7-15(13)26(31)32/h6-7,9-10,18-19,21H,8H2,1-5H3/t10-,18-,19-,21-/m1/s1. The van der Waals surface area contributed by atoms with E-state index in [1.165, 1.54) is 27.2 Å². The number of nitro groups is 1. The third-order valence-corrected chi connectivity index (χ3v) is 5.56. The molecule has 0 unspecified atom stereocenters. The maximum absolute atomic E-state index is 14.8. The SMILES string of the molecule is COc1cc(Cn2c(=O)c(F)cn([C@@H]3O[C@H](C)[C@@H](OC(C)=O)[C@H]3OC(C)=O)c2=O)c([N+](=O)[O-])cc1OC. The van der Waals surface area contributed by atoms with Crippen molar-refractivity contribution in [1.82, 2.24) is 9.13 Å². The number of ether oxygens (including phenoxy) is 5. The van der Waals surface area contributed by atoms with Gasteiger partial charge in [-0.25, -0.2) is 4.79 Å². The molecular formula is C22H24FN3O11. The zero-order valence-electron chi connectivity index (χ0n) is 20.5. The van der Waals surface area contributed by atoms with Crippen LogP contribution in [0.15, 0.2) is 27.9 Å². The molecule has 0 spiro atoms. The van der Waals surface area contributed by atoms with Crippen LogP contribution in [0, 0.1) is 15.9 Å². The van der Waals surface area contributed by atoms with E-state index >= 15 is 0 Å². The molecule has 1 saturated heterocycles. The maximum Gasteiger partial charge on any atom is 0.333 e. The number of nitro benzene ring substituents is 1. The Kier molecular flexibility index (Phi) is 7.96. The van der Waals surface area contributed by atoms with E-state index in [9.17, 15) is 33.7 Å². The second kappa shape index (κ2) is 10.8. The molecule has 3 rings (SSSR count). The van der Waals surface area contributed by atoms with Crippen molar-refractivity contribution in [3.8, 4) is 11.5 Å². The summed E-state index contributed by atoms with van der Waals surface area (Å²) in [7, 11) is 2.55. The van der Waals surface area contributed by atoms with Crippen molar-refractivity contribution < 1.29 is 42.6 Å². The fraction of sp³-hybridized carbons (Fsp3) is 0.455. The number of nitrogens with zero attached hydrogens (tertiary/aromatic N) is 3. The van der Waals surface area contributed by atoms with Gasteiger partial charge in [0, 0.05) is 13.8 Å². The number of hydrogen-bond donors (Lipinski definition) is 0. The van der Waals surface area contributed by atoms with Crippen molar-refractivity contribution in [2.24, 2.45) is 0 Å². The number of rotatable bonds is 8. The lowest BCUT2D eigenvalue weighted by atomic mass is 10.1. The van der Waals surface area contributed by atoms with Crippen molar-refractivity contribution >= 4 is 17.6 Å². The molecule has 0 aliphatic carbocycles. The van der Waals surface area contributed by atoms with Crippen LogP contribution in [0.4, 0.5) is 10.1 Å². The molecule has 0 amide bonds. The first kappa shape index (κ1) is 27.3. The van der Waals surface area contributed by atoms with Gasteiger partial charge in [0.1, 0.15) is 0 Å². The van der Waals surface area contributed by atoms with Gasteiger partial charge in [0.25, 0.3) is 11.2 Å². The minimum Gasteiger partial charge on any atom is -0.493 e. The summed E-state index contributed by atoms with van der Waals surface area (Å²) in [4.78, 5) is 60.1. The van der Waals surface area contributed by atoms with Gasteiger partial charge in [0.2, 0.25) is 5.82 Å². The molecular weight excluding hydrogens is 501 g/mol. The lowest BCUT2D eigenvalue weighted by molar-refractivity contribution is -0.385. The minimum atomic E-state index is -1.49. The molecule has 37 heavy (non-hydrogen) atoms. The lowest BCUT2D eigenvalue weighted by Crippen LogP contribution is -2.46. The summed E-state index contributed by atoms with van der Waals surface area (Å²) in [5.41, 5.74) is -3.17. The Balaban J connectivity index is 2.16. The van der Waals surface area contributed by atoms with Crippen LogP contribution in [0.3, 0.4) is 0 Å². The van der Waals surface area contributed by atoms with E-state index in [4.69, 9.17) is 23.7 Å². The zero-order chi connectivity index (χ0) is 27.6. The van der Waals surface area contributed by atoms with E-state index in [2.05, 4.69) is 0 Å². The molecule has 15 heteroatoms. The summed E-state index contributed by atoms with van der Waals surface area (Å²) in [5.74, 6) is -2.82. The summed E-state index contributed by atoms with van der Waals surface area (Å²) < 4.78 is 42.1. The number of hydrogen-bond acceptors (Lipinski definition) is 11. The van der Waals surface area contributed by atoms with Crippen LogP contribution >= 0.6 is 0 Å². The topological polar surface area (TPSA) is 167 Å². The van der Waals surface area contributed by atoms with E-state index in [0.717, 1.165) is 19.9 Å². The average molecular weight is 525 g/mol. The Morgan fingerprint density at radius 3 is 2.19 bits per heavy atom. The minimum absolute atomic E-state index is 0.0241. The van der Waals surface area contributed by atoms with Crippen LogP contribution in [-0.4, -0.2) is 58.5 Å². The van der Waals surface area contributed by atoms with E-state index < -0.39 is 70.7 Å². The Morgan fingerprint density at radius 1 is 1.08 bits per heavy atom. The summed E-state index contributed by atoms with van der Waals surface area (Å²) >= 11 is 0. The van der Waals surface area contributed by atoms with Gasteiger partial charge >= 0.3 is 17.6 Å². The lowest BCUT2D eigenvalue weighted by Gasteiger charge is -2.24. The highest BCUT2D eigenvalue weighted by atomic mass is 19.1. The van der Waals surface area contributed by atoms with Crippen LogP contribution in [0.1, 0.15) is 32.6 Å². The monoisotopic (exact) mass is 525 g/mol. The molecule has 1 aromatic heterocycles. The van der Waals surface area contributed by atoms with Crippen LogP contribution < -0.4 is 20.7 Å². The molecule has 1 aromatic carbocycles. The van der Waals surface area contributed by atoms with Gasteiger partial charge in [-0.2, -0.15) is 4.39 Å². The predicted octanol–water partition coefficient (Wildman–Crippen LogP) is 0.904. The van der Waals surface area contributed by atoms with Gasteiger partial charge in [-0.3, -0.25) is 33.6 Å². The third-order valence-electron chi connectivity index (χ3n) is 5.56. The van der Waals surface area contributed by atoms with Gasteiger partial charge in [0.05, 0.1) is 49.6 Å². The average Bonchev–Trinajstić information content (AvgIpc) is 3.11. The highest BCUT2D eigenvalue weighted by Crippen LogP contribution is 2.35. The van der Waals surface area contributed by atoms with Crippen LogP contribution in [0.2, 0.25) is 0 Å². The summed E-state index contributed by atoms with van der Waals surface area (Å²) in [6.45, 7) is 2.95. The second-order valence-electron chi connectivity index (χ2n) is 8.03.